The molecule has 0 atom stereocenters. The molecule has 12 heavy (non-hydrogen) atoms. The van der Waals surface area contributed by atoms with Gasteiger partial charge < -0.3 is 0 Å². The minimum atomic E-state index is 1.11. The summed E-state index contributed by atoms with van der Waals surface area (Å²) in [6.45, 7) is 4.25. The fourth-order valence-corrected chi connectivity index (χ4v) is 1.58. The molecule has 1 aromatic carbocycles. The average molecular weight is 178 g/mol. The highest BCUT2D eigenvalue weighted by molar-refractivity contribution is 8.02. The summed E-state index contributed by atoms with van der Waals surface area (Å²) in [4.78, 5) is 1.31. The predicted molar refractivity (Wildman–Crippen MR) is 56.5 cm³/mol. The molecule has 1 aromatic rings. The molecule has 0 heterocycles. The molecule has 0 unspecified atom stereocenters. The monoisotopic (exact) mass is 178 g/mol. The van der Waals surface area contributed by atoms with Crippen LogP contribution in [-0.2, 0) is 0 Å². The van der Waals surface area contributed by atoms with Crippen LogP contribution in [0.1, 0.15) is 18.9 Å². The number of allylic oxidation sites excluding steroid dienone is 1. The Hall–Kier alpha value is -0.690. The molecule has 1 heteroatoms. The van der Waals surface area contributed by atoms with Gasteiger partial charge in [0.05, 0.1) is 0 Å². The lowest BCUT2D eigenvalue weighted by molar-refractivity contribution is 1.23. The molecule has 0 bridgehead atoms. The summed E-state index contributed by atoms with van der Waals surface area (Å²) in [5.41, 5.74) is 1.32. The highest BCUT2D eigenvalue weighted by Gasteiger charge is 1.88. The highest BCUT2D eigenvalue weighted by Crippen LogP contribution is 2.19. The number of hydrogen-bond acceptors (Lipinski definition) is 1. The van der Waals surface area contributed by atoms with Crippen LogP contribution in [0.15, 0.2) is 40.6 Å². The fourth-order valence-electron chi connectivity index (χ4n) is 0.840. The Labute approximate surface area is 78.7 Å². The predicted octanol–water partition coefficient (Wildman–Crippen LogP) is 4.01. The minimum Gasteiger partial charge on any atom is -0.0984 e. The van der Waals surface area contributed by atoms with E-state index in [4.69, 9.17) is 0 Å². The molecule has 0 fully saturated rings. The van der Waals surface area contributed by atoms with E-state index in [0.29, 0.717) is 0 Å². The van der Waals surface area contributed by atoms with Crippen molar-refractivity contribution >= 4 is 11.8 Å². The second-order valence-electron chi connectivity index (χ2n) is 2.71. The Balaban J connectivity index is 2.53. The minimum absolute atomic E-state index is 1.11. The van der Waals surface area contributed by atoms with Gasteiger partial charge in [-0.3, -0.25) is 0 Å². The molecule has 0 saturated heterocycles. The number of aryl methyl sites for hydroxylation is 1. The third kappa shape index (κ3) is 3.14. The quantitative estimate of drug-likeness (QED) is 0.630. The van der Waals surface area contributed by atoms with E-state index >= 15 is 0 Å². The molecule has 0 radical (unpaired) electrons. The Morgan fingerprint density at radius 3 is 2.50 bits per heavy atom. The number of hydrogen-bond donors (Lipinski definition) is 0. The normalized spacial score (nSPS) is 10.8. The van der Waals surface area contributed by atoms with Crippen LogP contribution in [0.3, 0.4) is 0 Å². The van der Waals surface area contributed by atoms with Gasteiger partial charge in [-0.05, 0) is 30.9 Å². The highest BCUT2D eigenvalue weighted by atomic mass is 32.2. The van der Waals surface area contributed by atoms with E-state index in [0.717, 1.165) is 6.42 Å². The van der Waals surface area contributed by atoms with Crippen LogP contribution in [0, 0.1) is 6.92 Å². The third-order valence-electron chi connectivity index (χ3n) is 1.56. The molecular weight excluding hydrogens is 164 g/mol. The fraction of sp³-hybridized carbons (Fsp3) is 0.273. The summed E-state index contributed by atoms with van der Waals surface area (Å²) < 4.78 is 0. The van der Waals surface area contributed by atoms with Gasteiger partial charge in [-0.25, -0.2) is 0 Å². The summed E-state index contributed by atoms with van der Waals surface area (Å²) in [6.07, 6.45) is 3.28. The topological polar surface area (TPSA) is 0 Å². The van der Waals surface area contributed by atoms with Crippen molar-refractivity contribution in [2.45, 2.75) is 25.2 Å². The summed E-state index contributed by atoms with van der Waals surface area (Å²) in [6, 6.07) is 8.59. The summed E-state index contributed by atoms with van der Waals surface area (Å²) in [7, 11) is 0. The van der Waals surface area contributed by atoms with Gasteiger partial charge >= 0.3 is 0 Å². The van der Waals surface area contributed by atoms with Gasteiger partial charge in [-0.1, -0.05) is 42.5 Å². The average Bonchev–Trinajstić information content (AvgIpc) is 2.09. The molecule has 1 rings (SSSR count). The van der Waals surface area contributed by atoms with Crippen molar-refractivity contribution in [1.29, 1.82) is 0 Å². The molecule has 0 aliphatic heterocycles. The van der Waals surface area contributed by atoms with Gasteiger partial charge in [0, 0.05) is 4.90 Å². The first-order valence-corrected chi connectivity index (χ1v) is 5.09. The Kier molecular flexibility index (Phi) is 3.95. The SMILES string of the molecule is CCC=CSc1ccc(C)cc1. The summed E-state index contributed by atoms with van der Waals surface area (Å²) in [5, 5.41) is 2.14. The van der Waals surface area contributed by atoms with Gasteiger partial charge in [-0.2, -0.15) is 0 Å². The van der Waals surface area contributed by atoms with Crippen molar-refractivity contribution in [2.24, 2.45) is 0 Å². The zero-order valence-corrected chi connectivity index (χ0v) is 8.40. The van der Waals surface area contributed by atoms with Crippen molar-refractivity contribution in [3.05, 3.63) is 41.3 Å². The van der Waals surface area contributed by atoms with Gasteiger partial charge in [0.1, 0.15) is 0 Å². The number of thioether (sulfide) groups is 1. The van der Waals surface area contributed by atoms with Crippen LogP contribution in [0.2, 0.25) is 0 Å². The van der Waals surface area contributed by atoms with Gasteiger partial charge in [0.2, 0.25) is 0 Å². The zero-order valence-electron chi connectivity index (χ0n) is 7.58. The number of rotatable bonds is 3. The van der Waals surface area contributed by atoms with Crippen molar-refractivity contribution in [2.75, 3.05) is 0 Å². The Morgan fingerprint density at radius 1 is 1.25 bits per heavy atom. The first-order chi connectivity index (χ1) is 5.83. The second-order valence-corrected chi connectivity index (χ2v) is 3.69. The maximum absolute atomic E-state index is 2.17. The largest absolute Gasteiger partial charge is 0.0984 e. The van der Waals surface area contributed by atoms with E-state index in [1.165, 1.54) is 10.5 Å². The lowest BCUT2D eigenvalue weighted by Gasteiger charge is -1.95. The van der Waals surface area contributed by atoms with Crippen LogP contribution in [0.4, 0.5) is 0 Å². The lowest BCUT2D eigenvalue weighted by Crippen LogP contribution is -1.70. The summed E-state index contributed by atoms with van der Waals surface area (Å²) >= 11 is 1.77. The van der Waals surface area contributed by atoms with E-state index in [1.54, 1.807) is 11.8 Å². The van der Waals surface area contributed by atoms with Crippen LogP contribution >= 0.6 is 11.8 Å². The number of benzene rings is 1. The maximum atomic E-state index is 2.17. The molecule has 0 amide bonds. The summed E-state index contributed by atoms with van der Waals surface area (Å²) in [5.74, 6) is 0. The molecule has 64 valence electrons. The first kappa shape index (κ1) is 9.40. The van der Waals surface area contributed by atoms with E-state index in [-0.39, 0.29) is 0 Å². The molecule has 0 N–H and O–H groups in total. The van der Waals surface area contributed by atoms with Gasteiger partial charge in [-0.15, -0.1) is 0 Å². The molecule has 0 nitrogen and oxygen atoms in total. The van der Waals surface area contributed by atoms with Crippen molar-refractivity contribution in [1.82, 2.24) is 0 Å². The Bertz CT molecular complexity index is 246. The van der Waals surface area contributed by atoms with Gasteiger partial charge in [0.15, 0.2) is 0 Å². The molecular formula is C11H14S. The zero-order chi connectivity index (χ0) is 8.81. The molecule has 0 aliphatic carbocycles. The van der Waals surface area contributed by atoms with Crippen molar-refractivity contribution < 1.29 is 0 Å². The first-order valence-electron chi connectivity index (χ1n) is 4.21. The van der Waals surface area contributed by atoms with Crippen molar-refractivity contribution in [3.8, 4) is 0 Å². The maximum Gasteiger partial charge on any atom is 0.0116 e. The van der Waals surface area contributed by atoms with Crippen LogP contribution in [-0.4, -0.2) is 0 Å². The Morgan fingerprint density at radius 2 is 1.92 bits per heavy atom. The van der Waals surface area contributed by atoms with E-state index < -0.39 is 0 Å². The smallest absolute Gasteiger partial charge is 0.0116 e. The van der Waals surface area contributed by atoms with E-state index in [9.17, 15) is 0 Å². The molecule has 0 aliphatic rings. The van der Waals surface area contributed by atoms with E-state index in [1.807, 2.05) is 0 Å². The van der Waals surface area contributed by atoms with Crippen molar-refractivity contribution in [3.63, 3.8) is 0 Å². The standard InChI is InChI=1S/C11H14S/c1-3-4-9-12-11-7-5-10(2)6-8-11/h4-9H,3H2,1-2H3. The van der Waals surface area contributed by atoms with Crippen LogP contribution in [0.25, 0.3) is 0 Å². The lowest BCUT2D eigenvalue weighted by atomic mass is 10.2. The molecule has 0 spiro atoms. The molecule has 0 saturated carbocycles. The van der Waals surface area contributed by atoms with Crippen LogP contribution in [0.5, 0.6) is 0 Å². The third-order valence-corrected chi connectivity index (χ3v) is 2.43. The van der Waals surface area contributed by atoms with Gasteiger partial charge in [0.25, 0.3) is 0 Å². The van der Waals surface area contributed by atoms with E-state index in [2.05, 4.69) is 49.6 Å². The molecule has 0 aromatic heterocycles. The second kappa shape index (κ2) is 5.04. The van der Waals surface area contributed by atoms with Crippen LogP contribution < -0.4 is 0 Å².